The van der Waals surface area contributed by atoms with Crippen LogP contribution in [0.5, 0.6) is 0 Å². The van der Waals surface area contributed by atoms with E-state index in [1.54, 1.807) is 0 Å². The zero-order valence-corrected chi connectivity index (χ0v) is 15.4. The molecule has 2 aliphatic heterocycles. The number of amides is 3. The van der Waals surface area contributed by atoms with E-state index in [0.29, 0.717) is 11.1 Å². The summed E-state index contributed by atoms with van der Waals surface area (Å²) in [6.45, 7) is 0. The highest BCUT2D eigenvalue weighted by Crippen LogP contribution is 2.45. The van der Waals surface area contributed by atoms with E-state index in [2.05, 4.69) is 5.32 Å². The fourth-order valence-electron chi connectivity index (χ4n) is 3.81. The van der Waals surface area contributed by atoms with E-state index in [1.807, 2.05) is 0 Å². The van der Waals surface area contributed by atoms with Crippen molar-refractivity contribution in [3.8, 4) is 0 Å². The molecule has 0 saturated carbocycles. The Hall–Kier alpha value is -3.00. The predicted molar refractivity (Wildman–Crippen MR) is 98.0 cm³/mol. The summed E-state index contributed by atoms with van der Waals surface area (Å²) in [6, 6.07) is 7.05. The molecule has 0 aliphatic carbocycles. The van der Waals surface area contributed by atoms with Gasteiger partial charge in [-0.25, -0.2) is 8.78 Å². The molecule has 4 rings (SSSR count). The van der Waals surface area contributed by atoms with Crippen molar-refractivity contribution in [1.29, 1.82) is 0 Å². The molecule has 28 heavy (non-hydrogen) atoms. The summed E-state index contributed by atoms with van der Waals surface area (Å²) in [6.07, 6.45) is 0.0537. The van der Waals surface area contributed by atoms with E-state index in [1.165, 1.54) is 35.0 Å². The van der Waals surface area contributed by atoms with Crippen molar-refractivity contribution in [2.24, 2.45) is 0 Å². The second-order valence-corrected chi connectivity index (χ2v) is 7.12. The van der Waals surface area contributed by atoms with Gasteiger partial charge in [-0.3, -0.25) is 19.3 Å². The molecule has 1 unspecified atom stereocenters. The van der Waals surface area contributed by atoms with Gasteiger partial charge in [-0.1, -0.05) is 11.6 Å². The van der Waals surface area contributed by atoms with Crippen molar-refractivity contribution in [3.63, 3.8) is 0 Å². The van der Waals surface area contributed by atoms with Crippen LogP contribution in [0, 0.1) is 11.6 Å². The molecule has 3 amide bonds. The summed E-state index contributed by atoms with van der Waals surface area (Å²) in [7, 11) is 1.41. The average Bonchev–Trinajstić information content (AvgIpc) is 2.97. The van der Waals surface area contributed by atoms with Gasteiger partial charge in [0.1, 0.15) is 11.6 Å². The number of hydrogen-bond acceptors (Lipinski definition) is 3. The quantitative estimate of drug-likeness (QED) is 0.834. The molecule has 2 aromatic carbocycles. The van der Waals surface area contributed by atoms with Gasteiger partial charge in [-0.05, 0) is 30.3 Å². The minimum Gasteiger partial charge on any atom is -0.322 e. The van der Waals surface area contributed by atoms with Crippen LogP contribution in [0.3, 0.4) is 0 Å². The zero-order valence-electron chi connectivity index (χ0n) is 14.6. The number of likely N-dealkylation sites (N-methyl/N-ethyl adjacent to an activating group) is 1. The third kappa shape index (κ3) is 2.56. The van der Waals surface area contributed by atoms with Crippen molar-refractivity contribution < 1.29 is 23.2 Å². The largest absolute Gasteiger partial charge is 0.322 e. The standard InChI is InChI=1S/C19H14ClF2N3O3/c1-24-17(27)14-3-2-10(20)6-15(14)25-16(26)4-5-19(24,25)18(28)23-13-8-11(21)7-12(22)9-13/h2-3,6-9H,4-5H2,1H3,(H,23,28). The summed E-state index contributed by atoms with van der Waals surface area (Å²) in [5.74, 6) is -3.29. The Labute approximate surface area is 163 Å². The van der Waals surface area contributed by atoms with Gasteiger partial charge in [0, 0.05) is 36.7 Å². The van der Waals surface area contributed by atoms with Crippen molar-refractivity contribution >= 4 is 40.7 Å². The molecule has 2 aliphatic rings. The average molecular weight is 406 g/mol. The van der Waals surface area contributed by atoms with Gasteiger partial charge in [-0.2, -0.15) is 0 Å². The number of halogens is 3. The van der Waals surface area contributed by atoms with Gasteiger partial charge in [0.05, 0.1) is 11.3 Å². The van der Waals surface area contributed by atoms with Gasteiger partial charge in [0.2, 0.25) is 11.6 Å². The first-order valence-electron chi connectivity index (χ1n) is 8.42. The number of carbonyl (C=O) groups is 3. The number of benzene rings is 2. The highest BCUT2D eigenvalue weighted by molar-refractivity contribution is 6.31. The van der Waals surface area contributed by atoms with Crippen LogP contribution in [0.15, 0.2) is 36.4 Å². The van der Waals surface area contributed by atoms with Crippen LogP contribution in [0.2, 0.25) is 5.02 Å². The van der Waals surface area contributed by atoms with Gasteiger partial charge in [0.15, 0.2) is 0 Å². The smallest absolute Gasteiger partial charge is 0.271 e. The van der Waals surface area contributed by atoms with Crippen molar-refractivity contribution in [1.82, 2.24) is 4.90 Å². The highest BCUT2D eigenvalue weighted by atomic mass is 35.5. The summed E-state index contributed by atoms with van der Waals surface area (Å²) < 4.78 is 27.0. The Bertz CT molecular complexity index is 1020. The number of rotatable bonds is 2. The molecule has 144 valence electrons. The molecular formula is C19H14ClF2N3O3. The lowest BCUT2D eigenvalue weighted by Crippen LogP contribution is -2.68. The van der Waals surface area contributed by atoms with Crippen LogP contribution in [0.4, 0.5) is 20.2 Å². The summed E-state index contributed by atoms with van der Waals surface area (Å²) >= 11 is 6.04. The Morgan fingerprint density at radius 2 is 1.82 bits per heavy atom. The Balaban J connectivity index is 1.82. The van der Waals surface area contributed by atoms with Gasteiger partial charge < -0.3 is 10.2 Å². The molecular weight excluding hydrogens is 392 g/mol. The number of fused-ring (bicyclic) bond motifs is 3. The van der Waals surface area contributed by atoms with Crippen molar-refractivity contribution in [2.75, 3.05) is 17.3 Å². The molecule has 1 atom stereocenters. The first-order chi connectivity index (χ1) is 13.2. The molecule has 2 heterocycles. The zero-order chi connectivity index (χ0) is 20.2. The first-order valence-corrected chi connectivity index (χ1v) is 8.80. The first kappa shape index (κ1) is 18.4. The molecule has 1 N–H and O–H groups in total. The maximum Gasteiger partial charge on any atom is 0.271 e. The maximum absolute atomic E-state index is 13.5. The van der Waals surface area contributed by atoms with E-state index in [0.717, 1.165) is 12.1 Å². The van der Waals surface area contributed by atoms with E-state index < -0.39 is 29.1 Å². The van der Waals surface area contributed by atoms with Crippen LogP contribution in [0.1, 0.15) is 23.2 Å². The minimum atomic E-state index is -1.66. The SMILES string of the molecule is CN1C(=O)c2ccc(Cl)cc2N2C(=O)CCC12C(=O)Nc1cc(F)cc(F)c1. The van der Waals surface area contributed by atoms with E-state index in [-0.39, 0.29) is 35.7 Å². The van der Waals surface area contributed by atoms with Crippen LogP contribution in [-0.4, -0.2) is 35.3 Å². The van der Waals surface area contributed by atoms with Crippen molar-refractivity contribution in [2.45, 2.75) is 18.5 Å². The lowest BCUT2D eigenvalue weighted by molar-refractivity contribution is -0.128. The molecule has 6 nitrogen and oxygen atoms in total. The van der Waals surface area contributed by atoms with Gasteiger partial charge in [0.25, 0.3) is 11.8 Å². The van der Waals surface area contributed by atoms with E-state index in [9.17, 15) is 23.2 Å². The second kappa shape index (κ2) is 6.27. The van der Waals surface area contributed by atoms with Gasteiger partial charge >= 0.3 is 0 Å². The third-order valence-corrected chi connectivity index (χ3v) is 5.32. The number of nitrogens with one attached hydrogen (secondary N) is 1. The minimum absolute atomic E-state index is 0.0223. The molecule has 2 aromatic rings. The fraction of sp³-hybridized carbons (Fsp3) is 0.211. The topological polar surface area (TPSA) is 69.7 Å². The van der Waals surface area contributed by atoms with Crippen LogP contribution in [0.25, 0.3) is 0 Å². The normalized spacial score (nSPS) is 20.9. The summed E-state index contributed by atoms with van der Waals surface area (Å²) in [5.41, 5.74) is -1.30. The lowest BCUT2D eigenvalue weighted by atomic mass is 9.96. The Kier molecular flexibility index (Phi) is 4.11. The fourth-order valence-corrected chi connectivity index (χ4v) is 3.97. The van der Waals surface area contributed by atoms with Gasteiger partial charge in [-0.15, -0.1) is 0 Å². The third-order valence-electron chi connectivity index (χ3n) is 5.08. The highest BCUT2D eigenvalue weighted by Gasteiger charge is 2.59. The predicted octanol–water partition coefficient (Wildman–Crippen LogP) is 3.17. The summed E-state index contributed by atoms with van der Waals surface area (Å²) in [4.78, 5) is 41.2. The van der Waals surface area contributed by atoms with E-state index in [4.69, 9.17) is 11.6 Å². The molecule has 0 aromatic heterocycles. The van der Waals surface area contributed by atoms with Crippen molar-refractivity contribution in [3.05, 3.63) is 58.6 Å². The van der Waals surface area contributed by atoms with Crippen LogP contribution < -0.4 is 10.2 Å². The lowest BCUT2D eigenvalue weighted by Gasteiger charge is -2.47. The second-order valence-electron chi connectivity index (χ2n) is 6.68. The number of nitrogens with zero attached hydrogens (tertiary/aromatic N) is 2. The maximum atomic E-state index is 13.5. The molecule has 1 saturated heterocycles. The van der Waals surface area contributed by atoms with Crippen LogP contribution in [-0.2, 0) is 9.59 Å². The monoisotopic (exact) mass is 405 g/mol. The molecule has 0 bridgehead atoms. The van der Waals surface area contributed by atoms with Crippen LogP contribution >= 0.6 is 11.6 Å². The summed E-state index contributed by atoms with van der Waals surface area (Å²) in [5, 5.41) is 2.74. The Morgan fingerprint density at radius 1 is 1.14 bits per heavy atom. The Morgan fingerprint density at radius 3 is 2.50 bits per heavy atom. The number of hydrogen-bond donors (Lipinski definition) is 1. The van der Waals surface area contributed by atoms with E-state index >= 15 is 0 Å². The molecule has 0 radical (unpaired) electrons. The molecule has 0 spiro atoms. The number of carbonyl (C=O) groups excluding carboxylic acids is 3. The number of anilines is 2. The molecule has 9 heteroatoms. The molecule has 1 fully saturated rings.